The van der Waals surface area contributed by atoms with Crippen molar-refractivity contribution in [1.82, 2.24) is 4.90 Å². The molecule has 1 atom stereocenters. The predicted octanol–water partition coefficient (Wildman–Crippen LogP) is 3.16. The smallest absolute Gasteiger partial charge is 0.123 e. The molecule has 19 heavy (non-hydrogen) atoms. The summed E-state index contributed by atoms with van der Waals surface area (Å²) >= 11 is 3.46. The van der Waals surface area contributed by atoms with E-state index in [0.29, 0.717) is 12.6 Å². The monoisotopic (exact) mass is 326 g/mol. The van der Waals surface area contributed by atoms with Crippen LogP contribution < -0.4 is 10.5 Å². The Bertz CT molecular complexity index is 411. The molecular weight excluding hydrogens is 304 g/mol. The van der Waals surface area contributed by atoms with E-state index in [1.165, 1.54) is 25.8 Å². The van der Waals surface area contributed by atoms with E-state index in [0.717, 1.165) is 28.8 Å². The summed E-state index contributed by atoms with van der Waals surface area (Å²) in [4.78, 5) is 2.46. The molecule has 2 N–H and O–H groups in total. The Balaban J connectivity index is 1.85. The third-order valence-electron chi connectivity index (χ3n) is 3.87. The van der Waals surface area contributed by atoms with E-state index in [1.807, 2.05) is 18.2 Å². The summed E-state index contributed by atoms with van der Waals surface area (Å²) in [6.45, 7) is 2.50. The lowest BCUT2D eigenvalue weighted by Crippen LogP contribution is -2.37. The molecule has 1 saturated heterocycles. The highest BCUT2D eigenvalue weighted by atomic mass is 79.9. The van der Waals surface area contributed by atoms with Gasteiger partial charge in [-0.3, -0.25) is 0 Å². The Labute approximate surface area is 124 Å². The van der Waals surface area contributed by atoms with Crippen LogP contribution in [0.4, 0.5) is 0 Å². The van der Waals surface area contributed by atoms with E-state index in [-0.39, 0.29) is 0 Å². The molecule has 1 unspecified atom stereocenters. The van der Waals surface area contributed by atoms with E-state index >= 15 is 0 Å². The van der Waals surface area contributed by atoms with Crippen LogP contribution in [0.3, 0.4) is 0 Å². The van der Waals surface area contributed by atoms with Crippen LogP contribution in [0.2, 0.25) is 0 Å². The van der Waals surface area contributed by atoms with E-state index in [1.54, 1.807) is 0 Å². The fourth-order valence-electron chi connectivity index (χ4n) is 2.66. The Morgan fingerprint density at radius 3 is 3.00 bits per heavy atom. The Morgan fingerprint density at radius 2 is 2.26 bits per heavy atom. The number of benzene rings is 1. The third-order valence-corrected chi connectivity index (χ3v) is 4.37. The van der Waals surface area contributed by atoms with Crippen LogP contribution in [0.5, 0.6) is 5.75 Å². The molecule has 106 valence electrons. The maximum Gasteiger partial charge on any atom is 0.123 e. The van der Waals surface area contributed by atoms with E-state index in [9.17, 15) is 0 Å². The van der Waals surface area contributed by atoms with E-state index < -0.39 is 0 Å². The normalized spacial score (nSPS) is 20.5. The van der Waals surface area contributed by atoms with Crippen LogP contribution in [-0.4, -0.2) is 31.1 Å². The minimum Gasteiger partial charge on any atom is -0.493 e. The van der Waals surface area contributed by atoms with Crippen molar-refractivity contribution < 1.29 is 4.74 Å². The van der Waals surface area contributed by atoms with Gasteiger partial charge in [-0.1, -0.05) is 22.4 Å². The van der Waals surface area contributed by atoms with Gasteiger partial charge in [0.25, 0.3) is 0 Å². The molecule has 0 aromatic heterocycles. The molecule has 1 heterocycles. The van der Waals surface area contributed by atoms with Crippen LogP contribution in [0.15, 0.2) is 22.7 Å². The quantitative estimate of drug-likeness (QED) is 0.903. The number of ether oxygens (including phenoxy) is 1. The van der Waals surface area contributed by atoms with Gasteiger partial charge in [-0.15, -0.1) is 0 Å². The highest BCUT2D eigenvalue weighted by Gasteiger charge is 2.18. The standard InChI is InChI=1S/C15H23BrN2O/c1-18-8-3-2-4-14(18)7-9-19-15-6-5-13(16)10-12(15)11-17/h5-6,10,14H,2-4,7-9,11,17H2,1H3. The largest absolute Gasteiger partial charge is 0.493 e. The molecule has 0 saturated carbocycles. The van der Waals surface area contributed by atoms with Gasteiger partial charge in [0.15, 0.2) is 0 Å². The van der Waals surface area contributed by atoms with Gasteiger partial charge < -0.3 is 15.4 Å². The molecule has 0 amide bonds. The summed E-state index contributed by atoms with van der Waals surface area (Å²) in [6, 6.07) is 6.70. The van der Waals surface area contributed by atoms with Crippen molar-refractivity contribution in [2.24, 2.45) is 5.73 Å². The molecule has 0 aliphatic carbocycles. The second-order valence-corrected chi connectivity index (χ2v) is 6.14. The minimum absolute atomic E-state index is 0.512. The molecule has 1 aromatic carbocycles. The van der Waals surface area contributed by atoms with Crippen LogP contribution in [0.25, 0.3) is 0 Å². The number of hydrogen-bond donors (Lipinski definition) is 1. The summed E-state index contributed by atoms with van der Waals surface area (Å²) in [5.41, 5.74) is 6.81. The Morgan fingerprint density at radius 1 is 1.42 bits per heavy atom. The second-order valence-electron chi connectivity index (χ2n) is 5.22. The minimum atomic E-state index is 0.512. The number of nitrogens with two attached hydrogens (primary N) is 1. The molecule has 0 bridgehead atoms. The number of likely N-dealkylation sites (tertiary alicyclic amines) is 1. The average Bonchev–Trinajstić information content (AvgIpc) is 2.42. The first-order valence-electron chi connectivity index (χ1n) is 7.02. The van der Waals surface area contributed by atoms with Crippen LogP contribution in [0, 0.1) is 0 Å². The summed E-state index contributed by atoms with van der Waals surface area (Å²) < 4.78 is 6.96. The molecule has 0 spiro atoms. The van der Waals surface area contributed by atoms with Gasteiger partial charge in [0.05, 0.1) is 6.61 Å². The number of rotatable bonds is 5. The molecule has 0 radical (unpaired) electrons. The summed E-state index contributed by atoms with van der Waals surface area (Å²) in [5, 5.41) is 0. The first-order chi connectivity index (χ1) is 9.20. The van der Waals surface area contributed by atoms with Gasteiger partial charge >= 0.3 is 0 Å². The summed E-state index contributed by atoms with van der Waals surface area (Å²) in [6.07, 6.45) is 5.07. The second kappa shape index (κ2) is 7.27. The molecule has 2 rings (SSSR count). The van der Waals surface area contributed by atoms with Crippen LogP contribution in [-0.2, 0) is 6.54 Å². The van der Waals surface area contributed by atoms with Gasteiger partial charge in [0, 0.05) is 22.6 Å². The van der Waals surface area contributed by atoms with Crippen molar-refractivity contribution in [1.29, 1.82) is 0 Å². The van der Waals surface area contributed by atoms with E-state index in [4.69, 9.17) is 10.5 Å². The topological polar surface area (TPSA) is 38.5 Å². The number of halogens is 1. The zero-order valence-corrected chi connectivity index (χ0v) is 13.2. The van der Waals surface area contributed by atoms with Crippen LogP contribution >= 0.6 is 15.9 Å². The van der Waals surface area contributed by atoms with Crippen molar-refractivity contribution in [2.45, 2.75) is 38.3 Å². The van der Waals surface area contributed by atoms with Gasteiger partial charge in [-0.25, -0.2) is 0 Å². The number of nitrogens with zero attached hydrogens (tertiary/aromatic N) is 1. The zero-order chi connectivity index (χ0) is 13.7. The van der Waals surface area contributed by atoms with Crippen molar-refractivity contribution in [2.75, 3.05) is 20.2 Å². The summed E-state index contributed by atoms with van der Waals surface area (Å²) in [5.74, 6) is 0.921. The molecule has 1 aliphatic rings. The lowest BCUT2D eigenvalue weighted by Gasteiger charge is -2.32. The summed E-state index contributed by atoms with van der Waals surface area (Å²) in [7, 11) is 2.22. The Kier molecular flexibility index (Phi) is 5.67. The van der Waals surface area contributed by atoms with E-state index in [2.05, 4.69) is 27.9 Å². The number of piperidine rings is 1. The fourth-order valence-corrected chi connectivity index (χ4v) is 3.07. The highest BCUT2D eigenvalue weighted by molar-refractivity contribution is 9.10. The average molecular weight is 327 g/mol. The highest BCUT2D eigenvalue weighted by Crippen LogP contribution is 2.24. The first-order valence-corrected chi connectivity index (χ1v) is 7.81. The maximum absolute atomic E-state index is 5.91. The zero-order valence-electron chi connectivity index (χ0n) is 11.6. The van der Waals surface area contributed by atoms with Crippen molar-refractivity contribution >= 4 is 15.9 Å². The van der Waals surface area contributed by atoms with Gasteiger partial charge in [-0.05, 0) is 51.1 Å². The molecule has 1 fully saturated rings. The lowest BCUT2D eigenvalue weighted by atomic mass is 10.0. The van der Waals surface area contributed by atoms with Gasteiger partial charge in [-0.2, -0.15) is 0 Å². The Hall–Kier alpha value is -0.580. The molecular formula is C15H23BrN2O. The van der Waals surface area contributed by atoms with Crippen molar-refractivity contribution in [3.63, 3.8) is 0 Å². The van der Waals surface area contributed by atoms with Gasteiger partial charge in [0.2, 0.25) is 0 Å². The maximum atomic E-state index is 5.91. The van der Waals surface area contributed by atoms with Gasteiger partial charge in [0.1, 0.15) is 5.75 Å². The third kappa shape index (κ3) is 4.20. The predicted molar refractivity (Wildman–Crippen MR) is 82.4 cm³/mol. The molecule has 4 heteroatoms. The van der Waals surface area contributed by atoms with Crippen LogP contribution in [0.1, 0.15) is 31.2 Å². The number of hydrogen-bond acceptors (Lipinski definition) is 3. The molecule has 3 nitrogen and oxygen atoms in total. The lowest BCUT2D eigenvalue weighted by molar-refractivity contribution is 0.153. The first kappa shape index (κ1) is 14.8. The van der Waals surface area contributed by atoms with Crippen molar-refractivity contribution in [3.8, 4) is 5.75 Å². The van der Waals surface area contributed by atoms with Crippen molar-refractivity contribution in [3.05, 3.63) is 28.2 Å². The fraction of sp³-hybridized carbons (Fsp3) is 0.600. The molecule has 1 aromatic rings. The molecule has 1 aliphatic heterocycles. The SMILES string of the molecule is CN1CCCCC1CCOc1ccc(Br)cc1CN.